The van der Waals surface area contributed by atoms with Gasteiger partial charge in [0, 0.05) is 6.54 Å². The van der Waals surface area contributed by atoms with E-state index in [2.05, 4.69) is 46.6 Å². The molecule has 0 N–H and O–H groups in total. The Bertz CT molecular complexity index is 1100. The van der Waals surface area contributed by atoms with Crippen LogP contribution in [0.2, 0.25) is 0 Å². The van der Waals surface area contributed by atoms with Crippen LogP contribution in [0, 0.1) is 6.92 Å². The van der Waals surface area contributed by atoms with Crippen molar-refractivity contribution in [2.24, 2.45) is 4.99 Å². The first kappa shape index (κ1) is 15.2. The molecule has 4 nitrogen and oxygen atoms in total. The van der Waals surface area contributed by atoms with Crippen molar-refractivity contribution < 1.29 is 4.79 Å². The SMILES string of the molecule is CCn1c(=NC(=O)c2nc3ccccc3s2)sc2cc(C)ccc21. The molecule has 0 bridgehead atoms. The summed E-state index contributed by atoms with van der Waals surface area (Å²) in [5, 5.41) is 0.437. The standard InChI is InChI=1S/C18H15N3OS2/c1-3-21-13-9-8-11(2)10-15(13)24-18(21)20-16(22)17-19-12-6-4-5-7-14(12)23-17/h4-10H,3H2,1-2H3. The van der Waals surface area contributed by atoms with Crippen LogP contribution >= 0.6 is 22.7 Å². The van der Waals surface area contributed by atoms with Crippen LogP contribution in [0.25, 0.3) is 20.4 Å². The topological polar surface area (TPSA) is 47.2 Å². The molecule has 2 aromatic heterocycles. The van der Waals surface area contributed by atoms with Crippen LogP contribution in [-0.2, 0) is 6.54 Å². The van der Waals surface area contributed by atoms with Gasteiger partial charge in [0.1, 0.15) is 0 Å². The summed E-state index contributed by atoms with van der Waals surface area (Å²) in [4.78, 5) is 22.1. The number of benzene rings is 2. The van der Waals surface area contributed by atoms with Gasteiger partial charge in [-0.05, 0) is 43.7 Å². The number of para-hydroxylation sites is 1. The Hall–Kier alpha value is -2.31. The number of carbonyl (C=O) groups is 1. The molecule has 0 unspecified atom stereocenters. The lowest BCUT2D eigenvalue weighted by atomic mass is 10.2. The molecular formula is C18H15N3OS2. The third-order valence-corrected chi connectivity index (χ3v) is 5.89. The molecule has 0 atom stereocenters. The highest BCUT2D eigenvalue weighted by Gasteiger charge is 2.13. The first-order valence-electron chi connectivity index (χ1n) is 7.70. The minimum absolute atomic E-state index is 0.276. The second-order valence-corrected chi connectivity index (χ2v) is 7.54. The van der Waals surface area contributed by atoms with Gasteiger partial charge in [-0.1, -0.05) is 29.5 Å². The van der Waals surface area contributed by atoms with Crippen molar-refractivity contribution in [3.05, 3.63) is 57.8 Å². The van der Waals surface area contributed by atoms with Crippen molar-refractivity contribution in [1.82, 2.24) is 9.55 Å². The predicted molar refractivity (Wildman–Crippen MR) is 99.7 cm³/mol. The molecule has 1 amide bonds. The molecule has 4 aromatic rings. The first-order valence-corrected chi connectivity index (χ1v) is 9.33. The number of hydrogen-bond acceptors (Lipinski definition) is 4. The molecule has 4 rings (SSSR count). The minimum Gasteiger partial charge on any atom is -0.317 e. The largest absolute Gasteiger partial charge is 0.317 e. The summed E-state index contributed by atoms with van der Waals surface area (Å²) in [6, 6.07) is 14.1. The molecular weight excluding hydrogens is 338 g/mol. The maximum absolute atomic E-state index is 12.6. The van der Waals surface area contributed by atoms with Gasteiger partial charge in [0.15, 0.2) is 9.81 Å². The lowest BCUT2D eigenvalue weighted by Crippen LogP contribution is -2.15. The Balaban J connectivity index is 1.84. The van der Waals surface area contributed by atoms with Gasteiger partial charge in [0.25, 0.3) is 0 Å². The quantitative estimate of drug-likeness (QED) is 0.537. The van der Waals surface area contributed by atoms with Crippen LogP contribution in [-0.4, -0.2) is 15.5 Å². The van der Waals surface area contributed by atoms with E-state index < -0.39 is 0 Å². The van der Waals surface area contributed by atoms with Gasteiger partial charge in [-0.3, -0.25) is 4.79 Å². The van der Waals surface area contributed by atoms with Crippen LogP contribution in [0.4, 0.5) is 0 Å². The summed E-state index contributed by atoms with van der Waals surface area (Å²) in [6.45, 7) is 4.90. The van der Waals surface area contributed by atoms with Gasteiger partial charge < -0.3 is 4.57 Å². The fourth-order valence-corrected chi connectivity index (χ4v) is 4.71. The zero-order valence-electron chi connectivity index (χ0n) is 13.3. The maximum atomic E-state index is 12.6. The van der Waals surface area contributed by atoms with Gasteiger partial charge in [-0.25, -0.2) is 4.98 Å². The summed E-state index contributed by atoms with van der Waals surface area (Å²) in [5.41, 5.74) is 3.16. The van der Waals surface area contributed by atoms with Crippen LogP contribution < -0.4 is 4.80 Å². The number of thiazole rings is 2. The molecule has 0 radical (unpaired) electrons. The van der Waals surface area contributed by atoms with Crippen molar-refractivity contribution in [2.75, 3.05) is 0 Å². The van der Waals surface area contributed by atoms with Gasteiger partial charge in [0.05, 0.1) is 20.4 Å². The molecule has 0 spiro atoms. The van der Waals surface area contributed by atoms with E-state index in [9.17, 15) is 4.79 Å². The van der Waals surface area contributed by atoms with Gasteiger partial charge >= 0.3 is 5.91 Å². The van der Waals surface area contributed by atoms with Crippen molar-refractivity contribution in [3.8, 4) is 0 Å². The Kier molecular flexibility index (Phi) is 3.78. The Morgan fingerprint density at radius 3 is 2.79 bits per heavy atom. The van der Waals surface area contributed by atoms with Crippen molar-refractivity contribution >= 4 is 49.0 Å². The fourth-order valence-electron chi connectivity index (χ4n) is 2.67. The van der Waals surface area contributed by atoms with Gasteiger partial charge in [0.2, 0.25) is 0 Å². The van der Waals surface area contributed by atoms with Gasteiger partial charge in [-0.2, -0.15) is 4.99 Å². The number of hydrogen-bond donors (Lipinski definition) is 0. The lowest BCUT2D eigenvalue weighted by Gasteiger charge is -2.00. The van der Waals surface area contributed by atoms with E-state index in [1.807, 2.05) is 24.3 Å². The molecule has 2 heterocycles. The summed E-state index contributed by atoms with van der Waals surface area (Å²) in [7, 11) is 0. The van der Waals surface area contributed by atoms with Crippen LogP contribution in [0.5, 0.6) is 0 Å². The monoisotopic (exact) mass is 353 g/mol. The van der Waals surface area contributed by atoms with E-state index >= 15 is 0 Å². The minimum atomic E-state index is -0.276. The molecule has 24 heavy (non-hydrogen) atoms. The second-order valence-electron chi connectivity index (χ2n) is 5.50. The van der Waals surface area contributed by atoms with Crippen LogP contribution in [0.3, 0.4) is 0 Å². The number of amides is 1. The van der Waals surface area contributed by atoms with E-state index in [0.717, 1.165) is 31.8 Å². The molecule has 0 fully saturated rings. The fraction of sp³-hybridized carbons (Fsp3) is 0.167. The van der Waals surface area contributed by atoms with Crippen molar-refractivity contribution in [3.63, 3.8) is 0 Å². The lowest BCUT2D eigenvalue weighted by molar-refractivity contribution is 0.0997. The Labute approximate surface area is 146 Å². The smallest absolute Gasteiger partial charge is 0.308 e. The van der Waals surface area contributed by atoms with E-state index in [0.29, 0.717) is 5.01 Å². The molecule has 120 valence electrons. The highest BCUT2D eigenvalue weighted by atomic mass is 32.1. The number of carbonyl (C=O) groups excluding carboxylic acids is 1. The normalized spacial score (nSPS) is 12.3. The first-order chi connectivity index (χ1) is 11.7. The number of rotatable bonds is 2. The van der Waals surface area contributed by atoms with Crippen LogP contribution in [0.1, 0.15) is 22.3 Å². The van der Waals surface area contributed by atoms with Crippen molar-refractivity contribution in [1.29, 1.82) is 0 Å². The summed E-state index contributed by atoms with van der Waals surface area (Å²) < 4.78 is 4.23. The van der Waals surface area contributed by atoms with E-state index in [-0.39, 0.29) is 5.91 Å². The van der Waals surface area contributed by atoms with Crippen LogP contribution in [0.15, 0.2) is 47.5 Å². The second kappa shape index (κ2) is 5.96. The van der Waals surface area contributed by atoms with Crippen molar-refractivity contribution in [2.45, 2.75) is 20.4 Å². The molecule has 0 saturated heterocycles. The predicted octanol–water partition coefficient (Wildman–Crippen LogP) is 4.38. The highest BCUT2D eigenvalue weighted by molar-refractivity contribution is 7.20. The maximum Gasteiger partial charge on any atom is 0.308 e. The van der Waals surface area contributed by atoms with E-state index in [4.69, 9.17) is 0 Å². The van der Waals surface area contributed by atoms with Gasteiger partial charge in [-0.15, -0.1) is 11.3 Å². The molecule has 0 saturated carbocycles. The zero-order valence-corrected chi connectivity index (χ0v) is 14.9. The molecule has 0 aliphatic carbocycles. The molecule has 2 aromatic carbocycles. The summed E-state index contributed by atoms with van der Waals surface area (Å²) >= 11 is 2.93. The number of nitrogens with zero attached hydrogens (tertiary/aromatic N) is 3. The summed E-state index contributed by atoms with van der Waals surface area (Å²) in [6.07, 6.45) is 0. The average molecular weight is 353 g/mol. The zero-order chi connectivity index (χ0) is 16.7. The number of fused-ring (bicyclic) bond motifs is 2. The van der Waals surface area contributed by atoms with E-state index in [1.54, 1.807) is 11.3 Å². The molecule has 0 aliphatic heterocycles. The van der Waals surface area contributed by atoms with E-state index in [1.165, 1.54) is 16.9 Å². The third kappa shape index (κ3) is 2.57. The highest BCUT2D eigenvalue weighted by Crippen LogP contribution is 2.22. The summed E-state index contributed by atoms with van der Waals surface area (Å²) in [5.74, 6) is -0.276. The number of aryl methyl sites for hydroxylation is 2. The average Bonchev–Trinajstić information content (AvgIpc) is 3.14. The molecule has 0 aliphatic rings. The Morgan fingerprint density at radius 2 is 2.00 bits per heavy atom. The number of aromatic nitrogens is 2. The third-order valence-electron chi connectivity index (χ3n) is 3.83. The Morgan fingerprint density at radius 1 is 1.17 bits per heavy atom. The molecule has 6 heteroatoms.